The molecule has 0 aromatic heterocycles. The molecule has 0 aliphatic carbocycles. The Labute approximate surface area is 126 Å². The molecule has 1 aliphatic heterocycles. The highest BCUT2D eigenvalue weighted by atomic mass is 32.2. The summed E-state index contributed by atoms with van der Waals surface area (Å²) in [5.74, 6) is 0.0879. The molecule has 1 heterocycles. The van der Waals surface area contributed by atoms with Gasteiger partial charge >= 0.3 is 0 Å². The van der Waals surface area contributed by atoms with Gasteiger partial charge in [0.25, 0.3) is 0 Å². The van der Waals surface area contributed by atoms with Crippen LogP contribution in [0.3, 0.4) is 0 Å². The molecular formula is C15H23N3O2S. The average molecular weight is 309 g/mol. The minimum absolute atomic E-state index is 0.0539. The molecule has 1 unspecified atom stereocenters. The SMILES string of the molecule is CCC1CCCN1CCS(=O)(=O)c1ccc(C(=N)N)cc1. The molecule has 0 amide bonds. The van der Waals surface area contributed by atoms with Crippen LogP contribution >= 0.6 is 0 Å². The number of rotatable bonds is 6. The number of nitrogens with one attached hydrogen (secondary N) is 1. The van der Waals surface area contributed by atoms with Crippen LogP contribution in [0.5, 0.6) is 0 Å². The van der Waals surface area contributed by atoms with Gasteiger partial charge in [0.2, 0.25) is 0 Å². The van der Waals surface area contributed by atoms with Crippen LogP contribution in [0, 0.1) is 5.41 Å². The first-order chi connectivity index (χ1) is 9.94. The largest absolute Gasteiger partial charge is 0.384 e. The summed E-state index contributed by atoms with van der Waals surface area (Å²) >= 11 is 0. The quantitative estimate of drug-likeness (QED) is 0.617. The molecule has 5 nitrogen and oxygen atoms in total. The van der Waals surface area contributed by atoms with E-state index < -0.39 is 9.84 Å². The van der Waals surface area contributed by atoms with Gasteiger partial charge in [-0.2, -0.15) is 0 Å². The second-order valence-electron chi connectivity index (χ2n) is 5.50. The van der Waals surface area contributed by atoms with Crippen LogP contribution in [0.4, 0.5) is 0 Å². The lowest BCUT2D eigenvalue weighted by Crippen LogP contribution is -2.33. The van der Waals surface area contributed by atoms with Gasteiger partial charge in [-0.15, -0.1) is 0 Å². The van der Waals surface area contributed by atoms with E-state index in [1.165, 1.54) is 18.6 Å². The number of amidine groups is 1. The predicted octanol–water partition coefficient (Wildman–Crippen LogP) is 1.62. The first-order valence-electron chi connectivity index (χ1n) is 7.35. The fourth-order valence-corrected chi connectivity index (χ4v) is 4.11. The summed E-state index contributed by atoms with van der Waals surface area (Å²) in [6.45, 7) is 3.74. The molecule has 21 heavy (non-hydrogen) atoms. The number of hydrogen-bond donors (Lipinski definition) is 2. The first-order valence-corrected chi connectivity index (χ1v) is 9.00. The third-order valence-electron chi connectivity index (χ3n) is 4.14. The van der Waals surface area contributed by atoms with E-state index in [1.54, 1.807) is 12.1 Å². The number of nitrogens with two attached hydrogens (primary N) is 1. The fraction of sp³-hybridized carbons (Fsp3) is 0.533. The monoisotopic (exact) mass is 309 g/mol. The van der Waals surface area contributed by atoms with Crippen molar-refractivity contribution < 1.29 is 8.42 Å². The predicted molar refractivity (Wildman–Crippen MR) is 84.4 cm³/mol. The van der Waals surface area contributed by atoms with Crippen molar-refractivity contribution in [1.29, 1.82) is 5.41 Å². The number of sulfone groups is 1. The highest BCUT2D eigenvalue weighted by Crippen LogP contribution is 2.20. The molecule has 1 aromatic rings. The van der Waals surface area contributed by atoms with Gasteiger partial charge in [0, 0.05) is 18.2 Å². The maximum absolute atomic E-state index is 12.4. The third-order valence-corrected chi connectivity index (χ3v) is 5.85. The first kappa shape index (κ1) is 16.0. The zero-order chi connectivity index (χ0) is 15.5. The number of nitrogens with zero attached hydrogens (tertiary/aromatic N) is 1. The minimum Gasteiger partial charge on any atom is -0.384 e. The Bertz CT molecular complexity index is 596. The molecule has 116 valence electrons. The normalized spacial score (nSPS) is 19.8. The Morgan fingerprint density at radius 2 is 2.05 bits per heavy atom. The average Bonchev–Trinajstić information content (AvgIpc) is 2.93. The van der Waals surface area contributed by atoms with Crippen molar-refractivity contribution in [3.8, 4) is 0 Å². The second-order valence-corrected chi connectivity index (χ2v) is 7.61. The Morgan fingerprint density at radius 1 is 1.38 bits per heavy atom. The van der Waals surface area contributed by atoms with Gasteiger partial charge in [-0.1, -0.05) is 19.1 Å². The van der Waals surface area contributed by atoms with Gasteiger partial charge < -0.3 is 5.73 Å². The molecule has 2 rings (SSSR count). The molecule has 1 atom stereocenters. The van der Waals surface area contributed by atoms with Crippen molar-refractivity contribution in [3.05, 3.63) is 29.8 Å². The van der Waals surface area contributed by atoms with Gasteiger partial charge in [-0.25, -0.2) is 8.42 Å². The van der Waals surface area contributed by atoms with Gasteiger partial charge in [0.15, 0.2) is 9.84 Å². The topological polar surface area (TPSA) is 87.2 Å². The van der Waals surface area contributed by atoms with Crippen LogP contribution < -0.4 is 5.73 Å². The molecule has 1 saturated heterocycles. The standard InChI is InChI=1S/C15H23N3O2S/c1-2-13-4-3-9-18(13)10-11-21(19,20)14-7-5-12(6-8-14)15(16)17/h5-8,13H,2-4,9-11H2,1H3,(H3,16,17). The van der Waals surface area contributed by atoms with Crippen molar-refractivity contribution in [3.63, 3.8) is 0 Å². The van der Waals surface area contributed by atoms with Crippen molar-refractivity contribution in [1.82, 2.24) is 4.90 Å². The van der Waals surface area contributed by atoms with Gasteiger partial charge in [-0.3, -0.25) is 10.3 Å². The molecule has 0 saturated carbocycles. The van der Waals surface area contributed by atoms with Gasteiger partial charge in [0.05, 0.1) is 10.6 Å². The van der Waals surface area contributed by atoms with Crippen molar-refractivity contribution in [2.75, 3.05) is 18.8 Å². The van der Waals surface area contributed by atoms with E-state index in [0.29, 0.717) is 23.0 Å². The number of likely N-dealkylation sites (tertiary alicyclic amines) is 1. The zero-order valence-corrected chi connectivity index (χ0v) is 13.2. The Kier molecular flexibility index (Phi) is 5.00. The zero-order valence-electron chi connectivity index (χ0n) is 12.4. The maximum Gasteiger partial charge on any atom is 0.179 e. The molecule has 0 bridgehead atoms. The van der Waals surface area contributed by atoms with E-state index in [9.17, 15) is 8.42 Å². The van der Waals surface area contributed by atoms with E-state index >= 15 is 0 Å². The maximum atomic E-state index is 12.4. The van der Waals surface area contributed by atoms with Crippen LogP contribution in [0.2, 0.25) is 0 Å². The molecule has 6 heteroatoms. The Balaban J connectivity index is 2.02. The van der Waals surface area contributed by atoms with E-state index in [1.807, 2.05) is 0 Å². The molecule has 0 spiro atoms. The number of benzene rings is 1. The summed E-state index contributed by atoms with van der Waals surface area (Å²) in [6, 6.07) is 6.76. The van der Waals surface area contributed by atoms with E-state index in [4.69, 9.17) is 11.1 Å². The van der Waals surface area contributed by atoms with E-state index in [-0.39, 0.29) is 11.6 Å². The summed E-state index contributed by atoms with van der Waals surface area (Å²) in [5.41, 5.74) is 5.91. The lowest BCUT2D eigenvalue weighted by atomic mass is 10.2. The smallest absolute Gasteiger partial charge is 0.179 e. The highest BCUT2D eigenvalue weighted by molar-refractivity contribution is 7.91. The Morgan fingerprint density at radius 3 is 2.62 bits per heavy atom. The van der Waals surface area contributed by atoms with Crippen LogP contribution in [0.15, 0.2) is 29.2 Å². The van der Waals surface area contributed by atoms with Crippen molar-refractivity contribution >= 4 is 15.7 Å². The molecule has 1 aromatic carbocycles. The van der Waals surface area contributed by atoms with Crippen LogP contribution in [0.25, 0.3) is 0 Å². The lowest BCUT2D eigenvalue weighted by Gasteiger charge is -2.22. The van der Waals surface area contributed by atoms with Crippen LogP contribution in [0.1, 0.15) is 31.7 Å². The molecular weight excluding hydrogens is 286 g/mol. The number of hydrogen-bond acceptors (Lipinski definition) is 4. The minimum atomic E-state index is -3.27. The van der Waals surface area contributed by atoms with E-state index in [2.05, 4.69) is 11.8 Å². The lowest BCUT2D eigenvalue weighted by molar-refractivity contribution is 0.262. The molecule has 0 radical (unpaired) electrons. The highest BCUT2D eigenvalue weighted by Gasteiger charge is 2.24. The summed E-state index contributed by atoms with van der Waals surface area (Å²) < 4.78 is 24.7. The third kappa shape index (κ3) is 3.83. The molecule has 3 N–H and O–H groups in total. The van der Waals surface area contributed by atoms with Gasteiger partial charge in [0.1, 0.15) is 5.84 Å². The fourth-order valence-electron chi connectivity index (χ4n) is 2.85. The Hall–Kier alpha value is -1.40. The number of nitrogen functional groups attached to an aromatic ring is 1. The van der Waals surface area contributed by atoms with Crippen molar-refractivity contribution in [2.24, 2.45) is 5.73 Å². The summed E-state index contributed by atoms with van der Waals surface area (Å²) in [7, 11) is -3.27. The van der Waals surface area contributed by atoms with Crippen molar-refractivity contribution in [2.45, 2.75) is 37.1 Å². The van der Waals surface area contributed by atoms with Crippen LogP contribution in [-0.2, 0) is 9.84 Å². The molecule has 1 fully saturated rings. The van der Waals surface area contributed by atoms with E-state index in [0.717, 1.165) is 19.4 Å². The van der Waals surface area contributed by atoms with Gasteiger partial charge in [-0.05, 0) is 37.9 Å². The summed E-state index contributed by atoms with van der Waals surface area (Å²) in [4.78, 5) is 2.58. The molecule has 1 aliphatic rings. The van der Waals surface area contributed by atoms with Crippen LogP contribution in [-0.4, -0.2) is 44.0 Å². The second kappa shape index (κ2) is 6.58. The summed E-state index contributed by atoms with van der Waals surface area (Å²) in [5, 5.41) is 7.32. The summed E-state index contributed by atoms with van der Waals surface area (Å²) in [6.07, 6.45) is 3.41.